The van der Waals surface area contributed by atoms with Crippen LogP contribution >= 0.6 is 0 Å². The molecule has 0 heterocycles. The van der Waals surface area contributed by atoms with E-state index in [0.717, 1.165) is 19.3 Å². The molecule has 6 nitrogen and oxygen atoms in total. The second-order valence-corrected chi connectivity index (χ2v) is 7.96. The Morgan fingerprint density at radius 1 is 1.07 bits per heavy atom. The van der Waals surface area contributed by atoms with Gasteiger partial charge in [0.15, 0.2) is 0 Å². The Labute approximate surface area is 161 Å². The second-order valence-electron chi connectivity index (χ2n) is 6.27. The van der Waals surface area contributed by atoms with Crippen molar-refractivity contribution in [2.45, 2.75) is 38.0 Å². The Morgan fingerprint density at radius 2 is 1.78 bits per heavy atom. The maximum absolute atomic E-state index is 12.5. The maximum atomic E-state index is 12.5. The molecular weight excluding hydrogens is 364 g/mol. The number of anilines is 1. The SMILES string of the molecule is CCCCCNC(=O)c1ccc(NS(=O)(=O)c2ccc(OC)cc2)c(C)c1. The van der Waals surface area contributed by atoms with Gasteiger partial charge in [0.1, 0.15) is 5.75 Å². The van der Waals surface area contributed by atoms with Gasteiger partial charge >= 0.3 is 0 Å². The first-order valence-electron chi connectivity index (χ1n) is 8.93. The summed E-state index contributed by atoms with van der Waals surface area (Å²) in [5, 5.41) is 2.88. The number of hydrogen-bond acceptors (Lipinski definition) is 4. The second kappa shape index (κ2) is 9.41. The number of ether oxygens (including phenoxy) is 1. The molecule has 0 fully saturated rings. The molecule has 2 aromatic carbocycles. The summed E-state index contributed by atoms with van der Waals surface area (Å²) in [7, 11) is -2.20. The molecule has 0 aromatic heterocycles. The van der Waals surface area contributed by atoms with Gasteiger partial charge in [0.05, 0.1) is 17.7 Å². The maximum Gasteiger partial charge on any atom is 0.261 e. The highest BCUT2D eigenvalue weighted by Gasteiger charge is 2.16. The van der Waals surface area contributed by atoms with Crippen LogP contribution in [0.2, 0.25) is 0 Å². The average molecular weight is 391 g/mol. The van der Waals surface area contributed by atoms with E-state index >= 15 is 0 Å². The zero-order chi connectivity index (χ0) is 19.9. The molecule has 0 unspecified atom stereocenters. The summed E-state index contributed by atoms with van der Waals surface area (Å²) < 4.78 is 32.7. The third kappa shape index (κ3) is 5.72. The lowest BCUT2D eigenvalue weighted by Crippen LogP contribution is -2.24. The number of sulfonamides is 1. The molecule has 0 saturated carbocycles. The topological polar surface area (TPSA) is 84.5 Å². The molecule has 0 atom stereocenters. The highest BCUT2D eigenvalue weighted by molar-refractivity contribution is 7.92. The van der Waals surface area contributed by atoms with Crippen LogP contribution in [-0.4, -0.2) is 28.0 Å². The van der Waals surface area contributed by atoms with Crippen LogP contribution < -0.4 is 14.8 Å². The van der Waals surface area contributed by atoms with Crippen LogP contribution in [0.25, 0.3) is 0 Å². The van der Waals surface area contributed by atoms with Crippen LogP contribution in [0.4, 0.5) is 5.69 Å². The smallest absolute Gasteiger partial charge is 0.261 e. The number of unbranched alkanes of at least 4 members (excludes halogenated alkanes) is 2. The number of amides is 1. The summed E-state index contributed by atoms with van der Waals surface area (Å²) in [6, 6.07) is 11.1. The molecule has 27 heavy (non-hydrogen) atoms. The minimum absolute atomic E-state index is 0.139. The zero-order valence-corrected chi connectivity index (χ0v) is 16.7. The Hall–Kier alpha value is -2.54. The van der Waals surface area contributed by atoms with E-state index in [1.54, 1.807) is 37.3 Å². The molecular formula is C20H26N2O4S. The summed E-state index contributed by atoms with van der Waals surface area (Å²) in [6.45, 7) is 4.51. The van der Waals surface area contributed by atoms with Gasteiger partial charge in [-0.3, -0.25) is 9.52 Å². The van der Waals surface area contributed by atoms with Crippen molar-refractivity contribution in [1.82, 2.24) is 5.32 Å². The molecule has 0 aliphatic carbocycles. The van der Waals surface area contributed by atoms with E-state index in [4.69, 9.17) is 4.74 Å². The number of methoxy groups -OCH3 is 1. The van der Waals surface area contributed by atoms with Crippen molar-refractivity contribution >= 4 is 21.6 Å². The monoisotopic (exact) mass is 390 g/mol. The molecule has 0 bridgehead atoms. The standard InChI is InChI=1S/C20H26N2O4S/c1-4-5-6-13-21-20(23)16-7-12-19(15(2)14-16)22-27(24,25)18-10-8-17(26-3)9-11-18/h7-12,14,22H,4-6,13H2,1-3H3,(H,21,23). The molecule has 7 heteroatoms. The van der Waals surface area contributed by atoms with Crippen molar-refractivity contribution in [2.24, 2.45) is 0 Å². The van der Waals surface area contributed by atoms with E-state index in [1.807, 2.05) is 0 Å². The molecule has 2 aromatic rings. The molecule has 0 aliphatic rings. The van der Waals surface area contributed by atoms with Gasteiger partial charge in [-0.2, -0.15) is 0 Å². The van der Waals surface area contributed by atoms with E-state index in [9.17, 15) is 13.2 Å². The number of carbonyl (C=O) groups excluding carboxylic acids is 1. The summed E-state index contributed by atoms with van der Waals surface area (Å²) in [6.07, 6.45) is 3.12. The largest absolute Gasteiger partial charge is 0.497 e. The first kappa shape index (κ1) is 20.8. The van der Waals surface area contributed by atoms with Gasteiger partial charge in [0, 0.05) is 12.1 Å². The minimum Gasteiger partial charge on any atom is -0.497 e. The Bertz CT molecular complexity index is 877. The van der Waals surface area contributed by atoms with E-state index in [0.29, 0.717) is 29.1 Å². The predicted octanol–water partition coefficient (Wildman–Crippen LogP) is 3.72. The Balaban J connectivity index is 2.09. The Morgan fingerprint density at radius 3 is 2.37 bits per heavy atom. The van der Waals surface area contributed by atoms with Crippen LogP contribution in [0, 0.1) is 6.92 Å². The molecule has 0 radical (unpaired) electrons. The molecule has 1 amide bonds. The molecule has 0 aliphatic heterocycles. The summed E-state index contributed by atoms with van der Waals surface area (Å²) in [5.41, 5.74) is 1.62. The van der Waals surface area contributed by atoms with E-state index < -0.39 is 10.0 Å². The van der Waals surface area contributed by atoms with Crippen LogP contribution in [0.5, 0.6) is 5.75 Å². The van der Waals surface area contributed by atoms with Crippen LogP contribution in [0.1, 0.15) is 42.1 Å². The third-order valence-corrected chi connectivity index (χ3v) is 5.55. The number of benzene rings is 2. The van der Waals surface area contributed by atoms with Gasteiger partial charge in [-0.15, -0.1) is 0 Å². The average Bonchev–Trinajstić information content (AvgIpc) is 2.66. The fourth-order valence-electron chi connectivity index (χ4n) is 2.56. The summed E-state index contributed by atoms with van der Waals surface area (Å²) >= 11 is 0. The van der Waals surface area contributed by atoms with Crippen molar-refractivity contribution in [3.63, 3.8) is 0 Å². The van der Waals surface area contributed by atoms with E-state index in [-0.39, 0.29) is 10.8 Å². The highest BCUT2D eigenvalue weighted by Crippen LogP contribution is 2.22. The van der Waals surface area contributed by atoms with Crippen LogP contribution in [0.3, 0.4) is 0 Å². The first-order chi connectivity index (χ1) is 12.9. The predicted molar refractivity (Wildman–Crippen MR) is 107 cm³/mol. The van der Waals surface area contributed by atoms with Gasteiger partial charge in [-0.25, -0.2) is 8.42 Å². The number of nitrogens with one attached hydrogen (secondary N) is 2. The summed E-state index contributed by atoms with van der Waals surface area (Å²) in [4.78, 5) is 12.3. The highest BCUT2D eigenvalue weighted by atomic mass is 32.2. The van der Waals surface area contributed by atoms with E-state index in [1.165, 1.54) is 19.2 Å². The number of hydrogen-bond donors (Lipinski definition) is 2. The molecule has 2 rings (SSSR count). The van der Waals surface area contributed by atoms with Gasteiger partial charge in [0.25, 0.3) is 15.9 Å². The van der Waals surface area contributed by atoms with Crippen molar-refractivity contribution in [3.05, 3.63) is 53.6 Å². The first-order valence-corrected chi connectivity index (χ1v) is 10.4. The Kier molecular flexibility index (Phi) is 7.24. The fourth-order valence-corrected chi connectivity index (χ4v) is 3.69. The van der Waals surface area contributed by atoms with Crippen molar-refractivity contribution in [3.8, 4) is 5.75 Å². The van der Waals surface area contributed by atoms with Crippen LogP contribution in [0.15, 0.2) is 47.4 Å². The van der Waals surface area contributed by atoms with Crippen LogP contribution in [-0.2, 0) is 10.0 Å². The quantitative estimate of drug-likeness (QED) is 0.639. The van der Waals surface area contributed by atoms with E-state index in [2.05, 4.69) is 17.0 Å². The summed E-state index contributed by atoms with van der Waals surface area (Å²) in [5.74, 6) is 0.429. The molecule has 0 saturated heterocycles. The van der Waals surface area contributed by atoms with Crippen molar-refractivity contribution in [2.75, 3.05) is 18.4 Å². The molecule has 0 spiro atoms. The molecule has 146 valence electrons. The van der Waals surface area contributed by atoms with Gasteiger partial charge in [-0.1, -0.05) is 19.8 Å². The number of aryl methyl sites for hydroxylation is 1. The number of rotatable bonds is 9. The van der Waals surface area contributed by atoms with Gasteiger partial charge in [0.2, 0.25) is 0 Å². The lowest BCUT2D eigenvalue weighted by molar-refractivity contribution is 0.0953. The molecule has 2 N–H and O–H groups in total. The zero-order valence-electron chi connectivity index (χ0n) is 15.9. The van der Waals surface area contributed by atoms with Gasteiger partial charge in [-0.05, 0) is 61.4 Å². The van der Waals surface area contributed by atoms with Crippen molar-refractivity contribution < 1.29 is 17.9 Å². The normalized spacial score (nSPS) is 11.1. The lowest BCUT2D eigenvalue weighted by atomic mass is 10.1. The number of carbonyl (C=O) groups is 1. The van der Waals surface area contributed by atoms with Gasteiger partial charge < -0.3 is 10.1 Å². The van der Waals surface area contributed by atoms with Crippen molar-refractivity contribution in [1.29, 1.82) is 0 Å². The third-order valence-electron chi connectivity index (χ3n) is 4.17. The minimum atomic E-state index is -3.72. The fraction of sp³-hybridized carbons (Fsp3) is 0.350. The lowest BCUT2D eigenvalue weighted by Gasteiger charge is -2.12.